The molecule has 0 saturated heterocycles. The fraction of sp³-hybridized carbons (Fsp3) is 0.154. The minimum atomic E-state index is 0.839. The maximum absolute atomic E-state index is 4.35. The molecule has 2 rings (SSSR count). The van der Waals surface area contributed by atoms with Gasteiger partial charge in [0.25, 0.3) is 0 Å². The molecule has 0 fully saturated rings. The lowest BCUT2D eigenvalue weighted by Gasteiger charge is -2.09. The second-order valence-corrected chi connectivity index (χ2v) is 4.29. The predicted octanol–water partition coefficient (Wildman–Crippen LogP) is 4.15. The van der Waals surface area contributed by atoms with Crippen molar-refractivity contribution in [2.75, 3.05) is 5.32 Å². The number of pyridine rings is 1. The van der Waals surface area contributed by atoms with Crippen molar-refractivity contribution < 1.29 is 0 Å². The molecule has 1 aromatic carbocycles. The number of anilines is 2. The maximum Gasteiger partial charge on any atom is 0.131 e. The zero-order valence-corrected chi connectivity index (χ0v) is 10.7. The van der Waals surface area contributed by atoms with Crippen LogP contribution >= 0.6 is 15.9 Å². The third-order valence-corrected chi connectivity index (χ3v) is 2.82. The van der Waals surface area contributed by atoms with Gasteiger partial charge in [-0.1, -0.05) is 31.2 Å². The minimum absolute atomic E-state index is 0.839. The number of aromatic nitrogens is 1. The topological polar surface area (TPSA) is 24.9 Å². The summed E-state index contributed by atoms with van der Waals surface area (Å²) in [7, 11) is 0. The lowest BCUT2D eigenvalue weighted by atomic mass is 10.1. The first-order valence-electron chi connectivity index (χ1n) is 5.27. The molecule has 1 aromatic heterocycles. The second-order valence-electron chi connectivity index (χ2n) is 3.48. The van der Waals surface area contributed by atoms with Crippen molar-refractivity contribution in [1.29, 1.82) is 0 Å². The van der Waals surface area contributed by atoms with Crippen molar-refractivity contribution in [2.45, 2.75) is 13.3 Å². The Kier molecular flexibility index (Phi) is 3.57. The van der Waals surface area contributed by atoms with Crippen LogP contribution in [0.15, 0.2) is 47.1 Å². The van der Waals surface area contributed by atoms with E-state index in [2.05, 4.69) is 51.4 Å². The highest BCUT2D eigenvalue weighted by molar-refractivity contribution is 9.10. The molecule has 0 amide bonds. The average Bonchev–Trinajstić information content (AvgIpc) is 2.30. The number of rotatable bonds is 3. The van der Waals surface area contributed by atoms with E-state index in [1.807, 2.05) is 24.3 Å². The average molecular weight is 277 g/mol. The Balaban J connectivity index is 2.26. The summed E-state index contributed by atoms with van der Waals surface area (Å²) in [4.78, 5) is 4.35. The van der Waals surface area contributed by atoms with Crippen LogP contribution in [0.25, 0.3) is 0 Å². The van der Waals surface area contributed by atoms with Crippen molar-refractivity contribution in [2.24, 2.45) is 0 Å². The Morgan fingerprint density at radius 2 is 1.94 bits per heavy atom. The number of benzene rings is 1. The van der Waals surface area contributed by atoms with Gasteiger partial charge in [-0.05, 0) is 46.1 Å². The molecule has 16 heavy (non-hydrogen) atoms. The normalized spacial score (nSPS) is 10.1. The van der Waals surface area contributed by atoms with Crippen LogP contribution in [0.5, 0.6) is 0 Å². The van der Waals surface area contributed by atoms with E-state index in [-0.39, 0.29) is 0 Å². The highest BCUT2D eigenvalue weighted by atomic mass is 79.9. The summed E-state index contributed by atoms with van der Waals surface area (Å²) < 4.78 is 0.839. The zero-order chi connectivity index (χ0) is 11.4. The number of nitrogens with one attached hydrogen (secondary N) is 1. The van der Waals surface area contributed by atoms with Crippen molar-refractivity contribution in [1.82, 2.24) is 4.98 Å². The van der Waals surface area contributed by atoms with Gasteiger partial charge in [-0.25, -0.2) is 4.98 Å². The number of nitrogens with zero attached hydrogens (tertiary/aromatic N) is 1. The standard InChI is InChI=1S/C13H13BrN2/c1-2-10-6-3-4-7-11(10)15-13-9-5-8-12(14)16-13/h3-9H,2H2,1H3,(H,15,16). The molecule has 0 spiro atoms. The molecule has 0 saturated carbocycles. The Bertz CT molecular complexity index is 483. The van der Waals surface area contributed by atoms with Gasteiger partial charge < -0.3 is 5.32 Å². The molecule has 2 nitrogen and oxygen atoms in total. The number of hydrogen-bond acceptors (Lipinski definition) is 2. The van der Waals surface area contributed by atoms with E-state index >= 15 is 0 Å². The number of aryl methyl sites for hydroxylation is 1. The molecule has 0 atom stereocenters. The summed E-state index contributed by atoms with van der Waals surface area (Å²) in [5.41, 5.74) is 2.42. The van der Waals surface area contributed by atoms with Crippen molar-refractivity contribution >= 4 is 27.4 Å². The third-order valence-electron chi connectivity index (χ3n) is 2.38. The van der Waals surface area contributed by atoms with E-state index in [0.29, 0.717) is 0 Å². The molecule has 1 heterocycles. The van der Waals surface area contributed by atoms with Crippen LogP contribution in [0.1, 0.15) is 12.5 Å². The number of para-hydroxylation sites is 1. The largest absolute Gasteiger partial charge is 0.340 e. The van der Waals surface area contributed by atoms with Gasteiger partial charge in [0.1, 0.15) is 10.4 Å². The Morgan fingerprint density at radius 3 is 2.69 bits per heavy atom. The Hall–Kier alpha value is -1.35. The van der Waals surface area contributed by atoms with E-state index in [4.69, 9.17) is 0 Å². The summed E-state index contributed by atoms with van der Waals surface area (Å²) in [6, 6.07) is 14.1. The molecule has 0 unspecified atom stereocenters. The summed E-state index contributed by atoms with van der Waals surface area (Å²) in [6.07, 6.45) is 1.01. The van der Waals surface area contributed by atoms with Gasteiger partial charge in [0.05, 0.1) is 0 Å². The SMILES string of the molecule is CCc1ccccc1Nc1cccc(Br)n1. The first kappa shape index (κ1) is 11.1. The second kappa shape index (κ2) is 5.12. The van der Waals surface area contributed by atoms with E-state index < -0.39 is 0 Å². The van der Waals surface area contributed by atoms with Crippen LogP contribution in [0, 0.1) is 0 Å². The first-order valence-corrected chi connectivity index (χ1v) is 6.06. The van der Waals surface area contributed by atoms with Crippen LogP contribution in [0.4, 0.5) is 11.5 Å². The maximum atomic E-state index is 4.35. The molecule has 0 bridgehead atoms. The van der Waals surface area contributed by atoms with Crippen LogP contribution < -0.4 is 5.32 Å². The quantitative estimate of drug-likeness (QED) is 0.852. The Morgan fingerprint density at radius 1 is 1.12 bits per heavy atom. The van der Waals surface area contributed by atoms with E-state index in [1.165, 1.54) is 5.56 Å². The molecule has 2 aromatic rings. The van der Waals surface area contributed by atoms with E-state index in [1.54, 1.807) is 0 Å². The summed E-state index contributed by atoms with van der Waals surface area (Å²) in [5.74, 6) is 0.857. The Labute approximate surface area is 104 Å². The highest BCUT2D eigenvalue weighted by Gasteiger charge is 2.00. The van der Waals surface area contributed by atoms with Gasteiger partial charge in [0, 0.05) is 5.69 Å². The molecular formula is C13H13BrN2. The van der Waals surface area contributed by atoms with Gasteiger partial charge >= 0.3 is 0 Å². The molecule has 0 aliphatic heterocycles. The lowest BCUT2D eigenvalue weighted by molar-refractivity contribution is 1.14. The van der Waals surface area contributed by atoms with Gasteiger partial charge in [0.2, 0.25) is 0 Å². The van der Waals surface area contributed by atoms with Crippen molar-refractivity contribution in [3.05, 3.63) is 52.6 Å². The summed E-state index contributed by atoms with van der Waals surface area (Å²) in [5, 5.41) is 3.32. The van der Waals surface area contributed by atoms with E-state index in [9.17, 15) is 0 Å². The van der Waals surface area contributed by atoms with Crippen LogP contribution in [0.3, 0.4) is 0 Å². The molecule has 82 valence electrons. The van der Waals surface area contributed by atoms with Gasteiger partial charge in [-0.3, -0.25) is 0 Å². The number of hydrogen-bond donors (Lipinski definition) is 1. The monoisotopic (exact) mass is 276 g/mol. The zero-order valence-electron chi connectivity index (χ0n) is 9.07. The fourth-order valence-electron chi connectivity index (χ4n) is 1.57. The predicted molar refractivity (Wildman–Crippen MR) is 71.0 cm³/mol. The van der Waals surface area contributed by atoms with Gasteiger partial charge in [-0.2, -0.15) is 0 Å². The molecule has 1 N–H and O–H groups in total. The molecular weight excluding hydrogens is 264 g/mol. The summed E-state index contributed by atoms with van der Waals surface area (Å²) in [6.45, 7) is 2.15. The number of halogens is 1. The minimum Gasteiger partial charge on any atom is -0.340 e. The molecule has 0 aliphatic carbocycles. The molecule has 0 aliphatic rings. The smallest absolute Gasteiger partial charge is 0.131 e. The first-order chi connectivity index (χ1) is 7.79. The van der Waals surface area contributed by atoms with Crippen LogP contribution in [-0.4, -0.2) is 4.98 Å². The third kappa shape index (κ3) is 2.61. The highest BCUT2D eigenvalue weighted by Crippen LogP contribution is 2.20. The fourth-order valence-corrected chi connectivity index (χ4v) is 1.91. The van der Waals surface area contributed by atoms with Crippen LogP contribution in [0.2, 0.25) is 0 Å². The van der Waals surface area contributed by atoms with Crippen LogP contribution in [-0.2, 0) is 6.42 Å². The van der Waals surface area contributed by atoms with Gasteiger partial charge in [-0.15, -0.1) is 0 Å². The molecule has 3 heteroatoms. The molecule has 0 radical (unpaired) electrons. The van der Waals surface area contributed by atoms with Crippen molar-refractivity contribution in [3.63, 3.8) is 0 Å². The summed E-state index contributed by atoms with van der Waals surface area (Å²) >= 11 is 3.36. The lowest BCUT2D eigenvalue weighted by Crippen LogP contribution is -1.96. The van der Waals surface area contributed by atoms with E-state index in [0.717, 1.165) is 22.5 Å². The van der Waals surface area contributed by atoms with Crippen molar-refractivity contribution in [3.8, 4) is 0 Å². The van der Waals surface area contributed by atoms with Gasteiger partial charge in [0.15, 0.2) is 0 Å².